The highest BCUT2D eigenvalue weighted by atomic mass is 16.5. The summed E-state index contributed by atoms with van der Waals surface area (Å²) in [6, 6.07) is 6.83. The van der Waals surface area contributed by atoms with Crippen molar-refractivity contribution in [1.29, 1.82) is 0 Å². The lowest BCUT2D eigenvalue weighted by atomic mass is 10.1. The molecule has 1 aliphatic rings. The molecule has 0 spiro atoms. The van der Waals surface area contributed by atoms with E-state index in [4.69, 9.17) is 18.9 Å². The average molecular weight is 459 g/mol. The van der Waals surface area contributed by atoms with Crippen molar-refractivity contribution < 1.29 is 23.7 Å². The predicted octanol–water partition coefficient (Wildman–Crippen LogP) is 3.57. The van der Waals surface area contributed by atoms with Gasteiger partial charge in [-0.3, -0.25) is 9.59 Å². The van der Waals surface area contributed by atoms with Crippen molar-refractivity contribution >= 4 is 5.91 Å². The summed E-state index contributed by atoms with van der Waals surface area (Å²) in [6.45, 7) is 10.0. The van der Waals surface area contributed by atoms with E-state index in [1.807, 2.05) is 38.7 Å². The van der Waals surface area contributed by atoms with Gasteiger partial charge >= 0.3 is 0 Å². The van der Waals surface area contributed by atoms with Crippen LogP contribution in [0.1, 0.15) is 49.7 Å². The molecule has 180 valence electrons. The van der Waals surface area contributed by atoms with Gasteiger partial charge in [-0.2, -0.15) is 0 Å². The molecule has 0 bridgehead atoms. The van der Waals surface area contributed by atoms with Crippen molar-refractivity contribution in [3.8, 4) is 23.0 Å². The number of aryl methyl sites for hydroxylation is 1. The molecule has 1 aromatic carbocycles. The molecular formula is C25H34N2O6. The van der Waals surface area contributed by atoms with Gasteiger partial charge in [-0.15, -0.1) is 0 Å². The number of carbonyl (C=O) groups is 1. The van der Waals surface area contributed by atoms with Gasteiger partial charge in [0.15, 0.2) is 11.5 Å². The van der Waals surface area contributed by atoms with E-state index in [0.717, 1.165) is 5.69 Å². The van der Waals surface area contributed by atoms with Gasteiger partial charge in [-0.05, 0) is 45.9 Å². The number of amides is 1. The lowest BCUT2D eigenvalue weighted by Crippen LogP contribution is -2.41. The van der Waals surface area contributed by atoms with Crippen LogP contribution in [0.4, 0.5) is 0 Å². The molecule has 1 aliphatic heterocycles. The lowest BCUT2D eigenvalue weighted by Gasteiger charge is -2.32. The molecule has 0 N–H and O–H groups in total. The van der Waals surface area contributed by atoms with Gasteiger partial charge in [-0.25, -0.2) is 0 Å². The molecule has 33 heavy (non-hydrogen) atoms. The zero-order valence-electron chi connectivity index (χ0n) is 20.2. The maximum Gasteiger partial charge on any atom is 0.254 e. The summed E-state index contributed by atoms with van der Waals surface area (Å²) in [5.74, 6) is 2.03. The van der Waals surface area contributed by atoms with E-state index < -0.39 is 0 Å². The second-order valence-electron chi connectivity index (χ2n) is 7.94. The first-order chi connectivity index (χ1) is 15.9. The fraction of sp³-hybridized carbons (Fsp3) is 0.520. The predicted molar refractivity (Wildman–Crippen MR) is 126 cm³/mol. The van der Waals surface area contributed by atoms with Crippen LogP contribution in [0.5, 0.6) is 23.0 Å². The molecule has 1 aromatic heterocycles. The molecule has 0 saturated carbocycles. The number of nitrogens with zero attached hydrogens (tertiary/aromatic N) is 2. The summed E-state index contributed by atoms with van der Waals surface area (Å²) >= 11 is 0. The van der Waals surface area contributed by atoms with E-state index in [1.54, 1.807) is 23.7 Å². The molecule has 1 fully saturated rings. The quantitative estimate of drug-likeness (QED) is 0.572. The van der Waals surface area contributed by atoms with Gasteiger partial charge in [0, 0.05) is 50.3 Å². The van der Waals surface area contributed by atoms with Crippen LogP contribution < -0.4 is 24.5 Å². The maximum absolute atomic E-state index is 13.3. The average Bonchev–Trinajstić information content (AvgIpc) is 2.79. The Morgan fingerprint density at radius 1 is 0.939 bits per heavy atom. The van der Waals surface area contributed by atoms with E-state index >= 15 is 0 Å². The van der Waals surface area contributed by atoms with Crippen molar-refractivity contribution in [2.45, 2.75) is 46.6 Å². The number of pyridine rings is 1. The number of aromatic nitrogens is 1. The fourth-order valence-electron chi connectivity index (χ4n) is 3.87. The molecule has 0 atom stereocenters. The molecule has 2 aromatic rings. The first-order valence-corrected chi connectivity index (χ1v) is 11.6. The largest absolute Gasteiger partial charge is 0.490 e. The molecule has 1 amide bonds. The van der Waals surface area contributed by atoms with Crippen LogP contribution in [-0.4, -0.2) is 54.4 Å². The minimum atomic E-state index is -0.0941. The highest BCUT2D eigenvalue weighted by Gasteiger charge is 2.27. The van der Waals surface area contributed by atoms with E-state index in [1.165, 1.54) is 6.07 Å². The van der Waals surface area contributed by atoms with Crippen LogP contribution >= 0.6 is 0 Å². The van der Waals surface area contributed by atoms with Crippen LogP contribution in [0.3, 0.4) is 0 Å². The molecule has 0 radical (unpaired) electrons. The summed E-state index contributed by atoms with van der Waals surface area (Å²) < 4.78 is 24.8. The van der Waals surface area contributed by atoms with Gasteiger partial charge in [0.25, 0.3) is 11.5 Å². The van der Waals surface area contributed by atoms with Crippen LogP contribution in [-0.2, 0) is 7.05 Å². The second-order valence-corrected chi connectivity index (χ2v) is 7.94. The van der Waals surface area contributed by atoms with Crippen LogP contribution in [0, 0.1) is 6.92 Å². The second kappa shape index (κ2) is 11.1. The summed E-state index contributed by atoms with van der Waals surface area (Å²) in [5, 5.41) is 0. The number of benzene rings is 1. The van der Waals surface area contributed by atoms with Crippen LogP contribution in [0.25, 0.3) is 0 Å². The van der Waals surface area contributed by atoms with Crippen molar-refractivity contribution in [3.05, 3.63) is 45.9 Å². The monoisotopic (exact) mass is 458 g/mol. The SMILES string of the molecule is CCOc1cc(C(=O)N2CCC(Oc3cc(C)n(C)c(=O)c3)CC2)cc(OCC)c1OCC. The zero-order valence-corrected chi connectivity index (χ0v) is 20.2. The Hall–Kier alpha value is -3.16. The lowest BCUT2D eigenvalue weighted by molar-refractivity contribution is 0.0594. The highest BCUT2D eigenvalue weighted by molar-refractivity contribution is 5.95. The maximum atomic E-state index is 13.3. The van der Waals surface area contributed by atoms with Crippen molar-refractivity contribution in [2.24, 2.45) is 7.05 Å². The molecule has 2 heterocycles. The number of rotatable bonds is 9. The Labute approximate surface area is 195 Å². The smallest absolute Gasteiger partial charge is 0.254 e. The molecule has 0 unspecified atom stereocenters. The summed E-state index contributed by atoms with van der Waals surface area (Å²) in [4.78, 5) is 27.1. The summed E-state index contributed by atoms with van der Waals surface area (Å²) in [7, 11) is 1.74. The normalized spacial score (nSPS) is 14.2. The number of hydrogen-bond acceptors (Lipinski definition) is 6. The number of ether oxygens (including phenoxy) is 4. The topological polar surface area (TPSA) is 79.2 Å². The van der Waals surface area contributed by atoms with Gasteiger partial charge in [0.05, 0.1) is 19.8 Å². The number of hydrogen-bond donors (Lipinski definition) is 0. The van der Waals surface area contributed by atoms with Crippen LogP contribution in [0.2, 0.25) is 0 Å². The van der Waals surface area contributed by atoms with Gasteiger partial charge in [0.2, 0.25) is 5.75 Å². The van der Waals surface area contributed by atoms with Gasteiger partial charge in [-0.1, -0.05) is 0 Å². The zero-order chi connectivity index (χ0) is 24.0. The third-order valence-corrected chi connectivity index (χ3v) is 5.66. The Bertz CT molecular complexity index is 997. The Balaban J connectivity index is 1.71. The molecule has 3 rings (SSSR count). The van der Waals surface area contributed by atoms with E-state index in [2.05, 4.69) is 0 Å². The molecule has 1 saturated heterocycles. The highest BCUT2D eigenvalue weighted by Crippen LogP contribution is 2.39. The molecule has 0 aliphatic carbocycles. The fourth-order valence-corrected chi connectivity index (χ4v) is 3.87. The van der Waals surface area contributed by atoms with Crippen molar-refractivity contribution in [3.63, 3.8) is 0 Å². The Morgan fingerprint density at radius 2 is 1.52 bits per heavy atom. The number of likely N-dealkylation sites (tertiary alicyclic amines) is 1. The Morgan fingerprint density at radius 3 is 2.03 bits per heavy atom. The standard InChI is InChI=1S/C25H34N2O6/c1-6-30-21-14-18(15-22(31-7-2)24(21)32-8-3)25(29)27-11-9-19(10-12-27)33-20-13-17(4)26(5)23(28)16-20/h13-16,19H,6-12H2,1-5H3. The van der Waals surface area contributed by atoms with Crippen molar-refractivity contribution in [1.82, 2.24) is 9.47 Å². The number of carbonyl (C=O) groups excluding carboxylic acids is 1. The summed E-state index contributed by atoms with van der Waals surface area (Å²) in [5.41, 5.74) is 1.26. The minimum absolute atomic E-state index is 0.0427. The summed E-state index contributed by atoms with van der Waals surface area (Å²) in [6.07, 6.45) is 1.33. The first-order valence-electron chi connectivity index (χ1n) is 11.6. The Kier molecular flexibility index (Phi) is 8.25. The van der Waals surface area contributed by atoms with Gasteiger partial charge in [0.1, 0.15) is 11.9 Å². The van der Waals surface area contributed by atoms with Gasteiger partial charge < -0.3 is 28.4 Å². The first kappa shape index (κ1) is 24.5. The van der Waals surface area contributed by atoms with Crippen molar-refractivity contribution in [2.75, 3.05) is 32.9 Å². The molecular weight excluding hydrogens is 424 g/mol. The van der Waals surface area contributed by atoms with E-state index in [0.29, 0.717) is 74.3 Å². The minimum Gasteiger partial charge on any atom is -0.490 e. The number of piperidine rings is 1. The van der Waals surface area contributed by atoms with Crippen LogP contribution in [0.15, 0.2) is 29.1 Å². The molecule has 8 nitrogen and oxygen atoms in total. The molecule has 8 heteroatoms. The van der Waals surface area contributed by atoms with E-state index in [9.17, 15) is 9.59 Å². The van der Waals surface area contributed by atoms with E-state index in [-0.39, 0.29) is 17.6 Å². The third-order valence-electron chi connectivity index (χ3n) is 5.66. The third kappa shape index (κ3) is 5.80.